The summed E-state index contributed by atoms with van der Waals surface area (Å²) in [6, 6.07) is 13.4. The molecule has 0 aliphatic heterocycles. The average molecular weight is 335 g/mol. The number of carbonyl (C=O) groups excluding carboxylic acids is 1. The molecule has 25 heavy (non-hydrogen) atoms. The van der Waals surface area contributed by atoms with Crippen LogP contribution in [-0.2, 0) is 0 Å². The number of rotatable bonds is 5. The zero-order valence-electron chi connectivity index (χ0n) is 14.2. The molecule has 0 heterocycles. The predicted octanol–water partition coefficient (Wildman–Crippen LogP) is 3.76. The van der Waals surface area contributed by atoms with E-state index in [0.717, 1.165) is 5.56 Å². The quantitative estimate of drug-likeness (QED) is 0.273. The SMILES string of the molecule is Cc1cccc(C(=O)/C(C#N)=C/c2ccc(N(C)C)c([N+](=O)[O-])c2)c1. The number of allylic oxidation sites excluding steroid dienone is 1. The van der Waals surface area contributed by atoms with E-state index in [4.69, 9.17) is 0 Å². The number of hydrogen-bond acceptors (Lipinski definition) is 5. The number of nitro groups is 1. The number of carbonyl (C=O) groups is 1. The zero-order chi connectivity index (χ0) is 18.6. The Labute approximate surface area is 145 Å². The van der Waals surface area contributed by atoms with Crippen molar-refractivity contribution >= 4 is 23.2 Å². The second kappa shape index (κ2) is 7.41. The van der Waals surface area contributed by atoms with Crippen LogP contribution in [0, 0.1) is 28.4 Å². The Kier molecular flexibility index (Phi) is 5.30. The fraction of sp³-hybridized carbons (Fsp3) is 0.158. The normalized spacial score (nSPS) is 10.9. The van der Waals surface area contributed by atoms with E-state index >= 15 is 0 Å². The van der Waals surface area contributed by atoms with Crippen molar-refractivity contribution in [1.82, 2.24) is 0 Å². The van der Waals surface area contributed by atoms with Gasteiger partial charge in [0.15, 0.2) is 0 Å². The van der Waals surface area contributed by atoms with Gasteiger partial charge in [0.1, 0.15) is 17.3 Å². The molecule has 6 heteroatoms. The lowest BCUT2D eigenvalue weighted by Crippen LogP contribution is -2.11. The predicted molar refractivity (Wildman–Crippen MR) is 96.5 cm³/mol. The first-order valence-electron chi connectivity index (χ1n) is 7.52. The van der Waals surface area contributed by atoms with Crippen molar-refractivity contribution in [2.45, 2.75) is 6.92 Å². The minimum absolute atomic E-state index is 0.0718. The third-order valence-corrected chi connectivity index (χ3v) is 3.63. The van der Waals surface area contributed by atoms with Crippen LogP contribution in [0.2, 0.25) is 0 Å². The van der Waals surface area contributed by atoms with Crippen molar-refractivity contribution < 1.29 is 9.72 Å². The Morgan fingerprint density at radius 3 is 2.52 bits per heavy atom. The van der Waals surface area contributed by atoms with Gasteiger partial charge in [-0.05, 0) is 30.7 Å². The highest BCUT2D eigenvalue weighted by Gasteiger charge is 2.17. The summed E-state index contributed by atoms with van der Waals surface area (Å²) < 4.78 is 0. The summed E-state index contributed by atoms with van der Waals surface area (Å²) >= 11 is 0. The smallest absolute Gasteiger partial charge is 0.293 e. The zero-order valence-corrected chi connectivity index (χ0v) is 14.2. The molecule has 2 rings (SSSR count). The maximum Gasteiger partial charge on any atom is 0.293 e. The first kappa shape index (κ1) is 17.9. The third kappa shape index (κ3) is 4.09. The molecule has 6 nitrogen and oxygen atoms in total. The Hall–Kier alpha value is -3.46. The number of nitriles is 1. The van der Waals surface area contributed by atoms with Crippen LogP contribution in [-0.4, -0.2) is 24.8 Å². The van der Waals surface area contributed by atoms with Crippen molar-refractivity contribution in [3.8, 4) is 6.07 Å². The lowest BCUT2D eigenvalue weighted by molar-refractivity contribution is -0.384. The molecular weight excluding hydrogens is 318 g/mol. The lowest BCUT2D eigenvalue weighted by Gasteiger charge is -2.12. The second-order valence-electron chi connectivity index (χ2n) is 5.77. The first-order chi connectivity index (χ1) is 11.8. The van der Waals surface area contributed by atoms with E-state index in [1.807, 2.05) is 19.1 Å². The van der Waals surface area contributed by atoms with Gasteiger partial charge < -0.3 is 4.90 Å². The van der Waals surface area contributed by atoms with Crippen LogP contribution in [0.1, 0.15) is 21.5 Å². The summed E-state index contributed by atoms with van der Waals surface area (Å²) in [4.78, 5) is 24.9. The van der Waals surface area contributed by atoms with Gasteiger partial charge in [-0.25, -0.2) is 0 Å². The number of nitro benzene ring substituents is 1. The summed E-state index contributed by atoms with van der Waals surface area (Å²) in [6.45, 7) is 1.86. The highest BCUT2D eigenvalue weighted by atomic mass is 16.6. The number of nitrogens with zero attached hydrogens (tertiary/aromatic N) is 3. The number of aryl methyl sites for hydroxylation is 1. The summed E-state index contributed by atoms with van der Waals surface area (Å²) in [5.41, 5.74) is 2.04. The number of anilines is 1. The Morgan fingerprint density at radius 1 is 1.24 bits per heavy atom. The van der Waals surface area contributed by atoms with E-state index in [1.54, 1.807) is 49.3 Å². The van der Waals surface area contributed by atoms with Crippen molar-refractivity contribution in [2.24, 2.45) is 0 Å². The standard InChI is InChI=1S/C19H17N3O3/c1-13-5-4-6-15(9-13)19(23)16(12-20)10-14-7-8-17(21(2)3)18(11-14)22(24)25/h4-11H,1-3H3/b16-10+. The number of ketones is 1. The molecule has 0 fully saturated rings. The van der Waals surface area contributed by atoms with Gasteiger partial charge in [0.25, 0.3) is 5.69 Å². The van der Waals surface area contributed by atoms with Crippen LogP contribution < -0.4 is 4.90 Å². The van der Waals surface area contributed by atoms with Gasteiger partial charge in [-0.3, -0.25) is 14.9 Å². The summed E-state index contributed by atoms with van der Waals surface area (Å²) in [5.74, 6) is -0.412. The van der Waals surface area contributed by atoms with Crippen molar-refractivity contribution in [3.05, 3.63) is 74.8 Å². The van der Waals surface area contributed by atoms with Gasteiger partial charge in [0.05, 0.1) is 4.92 Å². The number of hydrogen-bond donors (Lipinski definition) is 0. The van der Waals surface area contributed by atoms with Crippen LogP contribution in [0.3, 0.4) is 0 Å². The van der Waals surface area contributed by atoms with E-state index in [1.165, 1.54) is 12.1 Å². The molecule has 2 aromatic carbocycles. The largest absolute Gasteiger partial charge is 0.372 e. The fourth-order valence-corrected chi connectivity index (χ4v) is 2.41. The Balaban J connectivity index is 2.46. The monoisotopic (exact) mass is 335 g/mol. The van der Waals surface area contributed by atoms with Crippen LogP contribution >= 0.6 is 0 Å². The maximum absolute atomic E-state index is 12.5. The third-order valence-electron chi connectivity index (χ3n) is 3.63. The maximum atomic E-state index is 12.5. The molecule has 0 saturated heterocycles. The molecule has 0 atom stereocenters. The van der Waals surface area contributed by atoms with Crippen molar-refractivity contribution in [2.75, 3.05) is 19.0 Å². The minimum atomic E-state index is -0.485. The van der Waals surface area contributed by atoms with Crippen molar-refractivity contribution in [1.29, 1.82) is 5.26 Å². The van der Waals surface area contributed by atoms with Gasteiger partial charge in [0, 0.05) is 25.7 Å². The van der Waals surface area contributed by atoms with E-state index in [-0.39, 0.29) is 11.3 Å². The van der Waals surface area contributed by atoms with E-state index in [2.05, 4.69) is 0 Å². The van der Waals surface area contributed by atoms with Gasteiger partial charge in [-0.2, -0.15) is 5.26 Å². The van der Waals surface area contributed by atoms with E-state index in [0.29, 0.717) is 16.8 Å². The Morgan fingerprint density at radius 2 is 1.96 bits per heavy atom. The molecule has 0 N–H and O–H groups in total. The lowest BCUT2D eigenvalue weighted by atomic mass is 10.00. The summed E-state index contributed by atoms with van der Waals surface area (Å²) in [6.07, 6.45) is 1.37. The van der Waals surface area contributed by atoms with Crippen LogP contribution in [0.4, 0.5) is 11.4 Å². The average Bonchev–Trinajstić information content (AvgIpc) is 2.58. The van der Waals surface area contributed by atoms with E-state index < -0.39 is 10.7 Å². The molecule has 0 radical (unpaired) electrons. The molecule has 0 amide bonds. The fourth-order valence-electron chi connectivity index (χ4n) is 2.41. The molecule has 0 aliphatic rings. The van der Waals surface area contributed by atoms with Crippen LogP contribution in [0.15, 0.2) is 48.0 Å². The minimum Gasteiger partial charge on any atom is -0.372 e. The van der Waals surface area contributed by atoms with Crippen LogP contribution in [0.25, 0.3) is 6.08 Å². The second-order valence-corrected chi connectivity index (χ2v) is 5.77. The van der Waals surface area contributed by atoms with Gasteiger partial charge in [0.2, 0.25) is 5.78 Å². The molecule has 0 aliphatic carbocycles. The highest BCUT2D eigenvalue weighted by molar-refractivity contribution is 6.14. The van der Waals surface area contributed by atoms with Gasteiger partial charge >= 0.3 is 0 Å². The Bertz CT molecular complexity index is 908. The van der Waals surface area contributed by atoms with Crippen LogP contribution in [0.5, 0.6) is 0 Å². The topological polar surface area (TPSA) is 87.2 Å². The highest BCUT2D eigenvalue weighted by Crippen LogP contribution is 2.28. The molecule has 0 saturated carbocycles. The summed E-state index contributed by atoms with van der Waals surface area (Å²) in [7, 11) is 3.42. The van der Waals surface area contributed by atoms with Gasteiger partial charge in [-0.1, -0.05) is 29.8 Å². The number of Topliss-reactive ketones (excluding diaryl/α,β-unsaturated/α-hetero) is 1. The first-order valence-corrected chi connectivity index (χ1v) is 7.52. The summed E-state index contributed by atoms with van der Waals surface area (Å²) in [5, 5.41) is 20.6. The molecule has 126 valence electrons. The molecule has 0 aromatic heterocycles. The molecule has 0 spiro atoms. The molecule has 0 unspecified atom stereocenters. The molecule has 2 aromatic rings. The molecule has 0 bridgehead atoms. The van der Waals surface area contributed by atoms with Crippen molar-refractivity contribution in [3.63, 3.8) is 0 Å². The van der Waals surface area contributed by atoms with E-state index in [9.17, 15) is 20.2 Å². The number of benzene rings is 2. The molecular formula is C19H17N3O3. The van der Waals surface area contributed by atoms with Gasteiger partial charge in [-0.15, -0.1) is 0 Å².